The van der Waals surface area contributed by atoms with E-state index in [1.165, 1.54) is 12.7 Å². The fraction of sp³-hybridized carbons (Fsp3) is 0. The predicted molar refractivity (Wildman–Crippen MR) is 22.3 cm³/mol. The van der Waals surface area contributed by atoms with Gasteiger partial charge in [0.15, 0.2) is 6.39 Å². The van der Waals surface area contributed by atoms with Gasteiger partial charge in [0.2, 0.25) is 0 Å². The fourth-order valence-corrected chi connectivity index (χ4v) is 0.176. The van der Waals surface area contributed by atoms with Gasteiger partial charge in [-0.25, -0.2) is 4.98 Å². The predicted octanol–water partition coefficient (Wildman–Crippen LogP) is 0.294. The van der Waals surface area contributed by atoms with Crippen LogP contribution in [0.5, 0.6) is 0 Å². The third-order valence-electron chi connectivity index (χ3n) is 0.347. The van der Waals surface area contributed by atoms with Crippen molar-refractivity contribution in [1.29, 1.82) is 0 Å². The molecular weight excluding hydrogens is 185 g/mol. The summed E-state index contributed by atoms with van der Waals surface area (Å²) in [4.78, 5) is 3.56. The van der Waals surface area contributed by atoms with E-state index >= 15 is 0 Å². The fourth-order valence-electron chi connectivity index (χ4n) is 0.176. The standard InChI is InChI=1S/C3H3NO.Sn/c1-2-5-3-4-1;/h1-3H;. The molecule has 0 aliphatic heterocycles. The zero-order valence-electron chi connectivity index (χ0n) is 3.09. The molecule has 2 nitrogen and oxygen atoms in total. The quantitative estimate of drug-likeness (QED) is 0.546. The second-order valence-electron chi connectivity index (χ2n) is 0.676. The van der Waals surface area contributed by atoms with Gasteiger partial charge in [-0.15, -0.1) is 0 Å². The molecule has 0 saturated heterocycles. The van der Waals surface area contributed by atoms with E-state index in [9.17, 15) is 0 Å². The molecule has 1 aromatic rings. The molecule has 0 aliphatic carbocycles. The topological polar surface area (TPSA) is 26.0 Å². The van der Waals surface area contributed by atoms with Crippen molar-refractivity contribution in [2.24, 2.45) is 0 Å². The van der Waals surface area contributed by atoms with Crippen molar-refractivity contribution in [3.05, 3.63) is 18.9 Å². The van der Waals surface area contributed by atoms with Crippen LogP contribution in [0.4, 0.5) is 0 Å². The summed E-state index contributed by atoms with van der Waals surface area (Å²) < 4.78 is 4.47. The van der Waals surface area contributed by atoms with Crippen LogP contribution in [0, 0.1) is 0 Å². The average Bonchev–Trinajstić information content (AvgIpc) is 1.76. The van der Waals surface area contributed by atoms with Gasteiger partial charge >= 0.3 is 0 Å². The molecule has 0 unspecified atom stereocenters. The summed E-state index contributed by atoms with van der Waals surface area (Å²) in [5.74, 6) is 0. The molecule has 0 fully saturated rings. The molecule has 4 radical (unpaired) electrons. The SMILES string of the molecule is [Sn].c1cocn1. The van der Waals surface area contributed by atoms with E-state index in [2.05, 4.69) is 9.40 Å². The van der Waals surface area contributed by atoms with Crippen LogP contribution >= 0.6 is 0 Å². The maximum Gasteiger partial charge on any atom is 0.180 e. The number of aromatic nitrogens is 1. The van der Waals surface area contributed by atoms with Crippen LogP contribution < -0.4 is 0 Å². The molecule has 0 aromatic carbocycles. The molecule has 0 atom stereocenters. The van der Waals surface area contributed by atoms with Gasteiger partial charge in [-0.05, 0) is 0 Å². The van der Waals surface area contributed by atoms with Crippen molar-refractivity contribution in [2.45, 2.75) is 0 Å². The van der Waals surface area contributed by atoms with Crippen LogP contribution in [-0.4, -0.2) is 28.9 Å². The first-order valence-electron chi connectivity index (χ1n) is 1.32. The van der Waals surface area contributed by atoms with Gasteiger partial charge in [-0.1, -0.05) is 0 Å². The Morgan fingerprint density at radius 1 is 1.50 bits per heavy atom. The van der Waals surface area contributed by atoms with Crippen molar-refractivity contribution >= 4 is 23.9 Å². The Labute approximate surface area is 52.5 Å². The second-order valence-corrected chi connectivity index (χ2v) is 0.676. The summed E-state index contributed by atoms with van der Waals surface area (Å²) >= 11 is 0. The third-order valence-corrected chi connectivity index (χ3v) is 0.347. The minimum Gasteiger partial charge on any atom is -0.452 e. The largest absolute Gasteiger partial charge is 0.452 e. The Morgan fingerprint density at radius 3 is 2.50 bits per heavy atom. The Kier molecular flexibility index (Phi) is 3.21. The molecular formula is C3H3NOSn. The van der Waals surface area contributed by atoms with Gasteiger partial charge in [0.1, 0.15) is 6.26 Å². The first kappa shape index (κ1) is 6.01. The number of hydrogen-bond donors (Lipinski definition) is 0. The van der Waals surface area contributed by atoms with E-state index in [-0.39, 0.29) is 23.9 Å². The molecule has 0 amide bonds. The maximum absolute atomic E-state index is 4.47. The van der Waals surface area contributed by atoms with E-state index in [1.807, 2.05) is 0 Å². The Morgan fingerprint density at radius 2 is 2.33 bits per heavy atom. The van der Waals surface area contributed by atoms with E-state index in [4.69, 9.17) is 0 Å². The number of nitrogens with zero attached hydrogens (tertiary/aromatic N) is 1. The molecule has 0 aliphatic rings. The summed E-state index contributed by atoms with van der Waals surface area (Å²) in [6.07, 6.45) is 4.47. The molecule has 0 spiro atoms. The number of hydrogen-bond acceptors (Lipinski definition) is 2. The average molecular weight is 188 g/mol. The van der Waals surface area contributed by atoms with Gasteiger partial charge in [0.05, 0.1) is 6.20 Å². The Bertz CT molecular complexity index is 67.3. The van der Waals surface area contributed by atoms with Crippen LogP contribution in [-0.2, 0) is 0 Å². The molecule has 3 heteroatoms. The summed E-state index contributed by atoms with van der Waals surface area (Å²) in [7, 11) is 0. The summed E-state index contributed by atoms with van der Waals surface area (Å²) in [6.45, 7) is 0. The monoisotopic (exact) mass is 189 g/mol. The third kappa shape index (κ3) is 1.45. The molecule has 0 bridgehead atoms. The van der Waals surface area contributed by atoms with Crippen LogP contribution in [0.25, 0.3) is 0 Å². The smallest absolute Gasteiger partial charge is 0.180 e. The van der Waals surface area contributed by atoms with E-state index in [1.54, 1.807) is 6.20 Å². The van der Waals surface area contributed by atoms with Crippen LogP contribution in [0.1, 0.15) is 0 Å². The number of oxazole rings is 1. The zero-order chi connectivity index (χ0) is 3.54. The first-order chi connectivity index (χ1) is 2.50. The molecule has 1 aromatic heterocycles. The zero-order valence-corrected chi connectivity index (χ0v) is 5.94. The minimum atomic E-state index is 0. The molecule has 1 rings (SSSR count). The van der Waals surface area contributed by atoms with Crippen LogP contribution in [0.3, 0.4) is 0 Å². The van der Waals surface area contributed by atoms with E-state index in [0.717, 1.165) is 0 Å². The van der Waals surface area contributed by atoms with Gasteiger partial charge in [0, 0.05) is 23.9 Å². The van der Waals surface area contributed by atoms with E-state index < -0.39 is 0 Å². The molecule has 30 valence electrons. The van der Waals surface area contributed by atoms with Crippen molar-refractivity contribution < 1.29 is 4.42 Å². The normalized spacial score (nSPS) is 6.67. The van der Waals surface area contributed by atoms with E-state index in [0.29, 0.717) is 0 Å². The Hall–Kier alpha value is 0.00870. The van der Waals surface area contributed by atoms with Gasteiger partial charge in [-0.3, -0.25) is 0 Å². The van der Waals surface area contributed by atoms with Crippen LogP contribution in [0.15, 0.2) is 23.3 Å². The molecule has 0 saturated carbocycles. The molecule has 0 N–H and O–H groups in total. The van der Waals surface area contributed by atoms with Crippen molar-refractivity contribution in [3.8, 4) is 0 Å². The summed E-state index contributed by atoms with van der Waals surface area (Å²) in [5, 5.41) is 0. The summed E-state index contributed by atoms with van der Waals surface area (Å²) in [6, 6.07) is 0. The molecule has 1 heterocycles. The van der Waals surface area contributed by atoms with Crippen molar-refractivity contribution in [1.82, 2.24) is 4.98 Å². The number of rotatable bonds is 0. The minimum absolute atomic E-state index is 0. The van der Waals surface area contributed by atoms with Crippen molar-refractivity contribution in [3.63, 3.8) is 0 Å². The van der Waals surface area contributed by atoms with Gasteiger partial charge < -0.3 is 4.42 Å². The summed E-state index contributed by atoms with van der Waals surface area (Å²) in [5.41, 5.74) is 0. The van der Waals surface area contributed by atoms with Crippen molar-refractivity contribution in [2.75, 3.05) is 0 Å². The molecule has 6 heavy (non-hydrogen) atoms. The second kappa shape index (κ2) is 3.21. The Balaban J connectivity index is 0.000000250. The van der Waals surface area contributed by atoms with Gasteiger partial charge in [0.25, 0.3) is 0 Å². The maximum atomic E-state index is 4.47. The van der Waals surface area contributed by atoms with Crippen LogP contribution in [0.2, 0.25) is 0 Å². The van der Waals surface area contributed by atoms with Gasteiger partial charge in [-0.2, -0.15) is 0 Å². The first-order valence-corrected chi connectivity index (χ1v) is 1.32.